The zero-order chi connectivity index (χ0) is 17.4. The van der Waals surface area contributed by atoms with Crippen LogP contribution < -0.4 is 5.73 Å². The van der Waals surface area contributed by atoms with Gasteiger partial charge in [-0.15, -0.1) is 0 Å². The molecule has 1 aromatic heterocycles. The first kappa shape index (κ1) is 15.9. The SMILES string of the molecule is NC(=O)c1c(-c2cccc(F)c2)nn2c1CN(C(=O)O)CC2CF. The molecule has 1 aliphatic rings. The minimum Gasteiger partial charge on any atom is -0.465 e. The van der Waals surface area contributed by atoms with Crippen LogP contribution in [0.3, 0.4) is 0 Å². The van der Waals surface area contributed by atoms with E-state index in [4.69, 9.17) is 5.73 Å². The van der Waals surface area contributed by atoms with Gasteiger partial charge in [0.05, 0.1) is 23.8 Å². The maximum atomic E-state index is 13.5. The molecule has 2 amide bonds. The smallest absolute Gasteiger partial charge is 0.407 e. The lowest BCUT2D eigenvalue weighted by molar-refractivity contribution is 0.0983. The van der Waals surface area contributed by atoms with Crippen molar-refractivity contribution in [3.05, 3.63) is 41.3 Å². The second-order valence-corrected chi connectivity index (χ2v) is 5.46. The fourth-order valence-corrected chi connectivity index (χ4v) is 2.86. The van der Waals surface area contributed by atoms with Crippen LogP contribution in [0, 0.1) is 5.82 Å². The third-order valence-corrected chi connectivity index (χ3v) is 3.92. The van der Waals surface area contributed by atoms with Crippen LogP contribution in [0.5, 0.6) is 0 Å². The molecule has 0 radical (unpaired) electrons. The number of carbonyl (C=O) groups excluding carboxylic acids is 1. The molecule has 3 rings (SSSR count). The summed E-state index contributed by atoms with van der Waals surface area (Å²) in [6.45, 7) is -1.10. The number of carbonyl (C=O) groups is 2. The van der Waals surface area contributed by atoms with E-state index >= 15 is 0 Å². The lowest BCUT2D eigenvalue weighted by atomic mass is 10.0. The first-order valence-corrected chi connectivity index (χ1v) is 7.13. The number of hydrogen-bond donors (Lipinski definition) is 2. The van der Waals surface area contributed by atoms with Crippen LogP contribution >= 0.6 is 0 Å². The Morgan fingerprint density at radius 2 is 2.17 bits per heavy atom. The Hall–Kier alpha value is -2.97. The number of halogens is 2. The number of benzene rings is 1. The number of alkyl halides is 1. The first-order chi connectivity index (χ1) is 11.4. The van der Waals surface area contributed by atoms with Crippen molar-refractivity contribution >= 4 is 12.0 Å². The number of aromatic nitrogens is 2. The van der Waals surface area contributed by atoms with E-state index in [0.29, 0.717) is 5.56 Å². The predicted octanol–water partition coefficient (Wildman–Crippen LogP) is 1.79. The number of nitrogens with two attached hydrogens (primary N) is 1. The zero-order valence-electron chi connectivity index (χ0n) is 12.4. The molecule has 7 nitrogen and oxygen atoms in total. The lowest BCUT2D eigenvalue weighted by Gasteiger charge is -2.30. The van der Waals surface area contributed by atoms with Crippen LogP contribution in [0.25, 0.3) is 11.3 Å². The largest absolute Gasteiger partial charge is 0.465 e. The number of carboxylic acid groups (broad SMARTS) is 1. The average molecular weight is 336 g/mol. The van der Waals surface area contributed by atoms with Gasteiger partial charge in [0.25, 0.3) is 5.91 Å². The molecular weight excluding hydrogens is 322 g/mol. The van der Waals surface area contributed by atoms with Crippen LogP contribution in [0.4, 0.5) is 13.6 Å². The molecule has 1 aliphatic heterocycles. The van der Waals surface area contributed by atoms with Gasteiger partial charge in [0.2, 0.25) is 0 Å². The Morgan fingerprint density at radius 1 is 1.42 bits per heavy atom. The van der Waals surface area contributed by atoms with Gasteiger partial charge in [-0.05, 0) is 12.1 Å². The summed E-state index contributed by atoms with van der Waals surface area (Å²) in [5.41, 5.74) is 6.03. The van der Waals surface area contributed by atoms with Crippen molar-refractivity contribution in [2.75, 3.05) is 13.2 Å². The van der Waals surface area contributed by atoms with E-state index in [1.807, 2.05) is 0 Å². The van der Waals surface area contributed by atoms with Crippen molar-refractivity contribution < 1.29 is 23.5 Å². The maximum absolute atomic E-state index is 13.5. The highest BCUT2D eigenvalue weighted by molar-refractivity contribution is 6.00. The molecule has 1 unspecified atom stereocenters. The summed E-state index contributed by atoms with van der Waals surface area (Å²) in [7, 11) is 0. The third-order valence-electron chi connectivity index (χ3n) is 3.92. The summed E-state index contributed by atoms with van der Waals surface area (Å²) in [5, 5.41) is 13.4. The Kier molecular flexibility index (Phi) is 3.92. The number of primary amides is 1. The van der Waals surface area contributed by atoms with Crippen LogP contribution in [0.15, 0.2) is 24.3 Å². The summed E-state index contributed by atoms with van der Waals surface area (Å²) in [6, 6.07) is 4.54. The summed E-state index contributed by atoms with van der Waals surface area (Å²) in [4.78, 5) is 24.1. The summed E-state index contributed by atoms with van der Waals surface area (Å²) < 4.78 is 28.1. The van der Waals surface area contributed by atoms with E-state index in [-0.39, 0.29) is 30.0 Å². The van der Waals surface area contributed by atoms with Crippen molar-refractivity contribution in [1.82, 2.24) is 14.7 Å². The lowest BCUT2D eigenvalue weighted by Crippen LogP contribution is -2.42. The highest BCUT2D eigenvalue weighted by atomic mass is 19.1. The Morgan fingerprint density at radius 3 is 2.75 bits per heavy atom. The molecule has 2 aromatic rings. The predicted molar refractivity (Wildman–Crippen MR) is 79.6 cm³/mol. The van der Waals surface area contributed by atoms with Gasteiger partial charge in [-0.2, -0.15) is 5.10 Å². The molecule has 3 N–H and O–H groups in total. The van der Waals surface area contributed by atoms with Crippen LogP contribution in [-0.2, 0) is 6.54 Å². The quantitative estimate of drug-likeness (QED) is 0.892. The molecule has 0 spiro atoms. The normalized spacial score (nSPS) is 16.8. The molecule has 126 valence electrons. The van der Waals surface area contributed by atoms with E-state index in [1.165, 1.54) is 22.9 Å². The molecule has 24 heavy (non-hydrogen) atoms. The Bertz CT molecular complexity index is 821. The van der Waals surface area contributed by atoms with Crippen LogP contribution in [-0.4, -0.2) is 45.0 Å². The highest BCUT2D eigenvalue weighted by Gasteiger charge is 2.34. The number of rotatable bonds is 3. The number of fused-ring (bicyclic) bond motifs is 1. The van der Waals surface area contributed by atoms with Gasteiger partial charge >= 0.3 is 6.09 Å². The van der Waals surface area contributed by atoms with Crippen molar-refractivity contribution in [3.63, 3.8) is 0 Å². The Balaban J connectivity index is 2.20. The van der Waals surface area contributed by atoms with E-state index in [0.717, 1.165) is 4.90 Å². The zero-order valence-corrected chi connectivity index (χ0v) is 12.4. The summed E-state index contributed by atoms with van der Waals surface area (Å²) in [6.07, 6.45) is -1.23. The molecule has 0 bridgehead atoms. The topological polar surface area (TPSA) is 101 Å². The molecular formula is C15H14F2N4O3. The van der Waals surface area contributed by atoms with Gasteiger partial charge in [0, 0.05) is 12.1 Å². The van der Waals surface area contributed by atoms with Gasteiger partial charge < -0.3 is 15.7 Å². The van der Waals surface area contributed by atoms with E-state index in [9.17, 15) is 23.5 Å². The van der Waals surface area contributed by atoms with Crippen molar-refractivity contribution in [2.45, 2.75) is 12.6 Å². The highest BCUT2D eigenvalue weighted by Crippen LogP contribution is 2.31. The second kappa shape index (κ2) is 5.91. The fraction of sp³-hybridized carbons (Fsp3) is 0.267. The van der Waals surface area contributed by atoms with Crippen molar-refractivity contribution in [1.29, 1.82) is 0 Å². The maximum Gasteiger partial charge on any atom is 0.407 e. The van der Waals surface area contributed by atoms with Gasteiger partial charge in [-0.25, -0.2) is 13.6 Å². The third kappa shape index (κ3) is 2.57. The molecule has 2 heterocycles. The van der Waals surface area contributed by atoms with E-state index in [1.54, 1.807) is 6.07 Å². The molecule has 1 atom stereocenters. The molecule has 0 saturated heterocycles. The molecule has 1 aromatic carbocycles. The van der Waals surface area contributed by atoms with E-state index in [2.05, 4.69) is 5.10 Å². The molecule has 9 heteroatoms. The minimum absolute atomic E-state index is 0.0231. The Labute approximate surface area is 135 Å². The van der Waals surface area contributed by atoms with Gasteiger partial charge in [0.1, 0.15) is 18.2 Å². The molecule has 0 saturated carbocycles. The van der Waals surface area contributed by atoms with Gasteiger partial charge in [0.15, 0.2) is 0 Å². The summed E-state index contributed by atoms with van der Waals surface area (Å²) in [5.74, 6) is -1.36. The summed E-state index contributed by atoms with van der Waals surface area (Å²) >= 11 is 0. The monoisotopic (exact) mass is 336 g/mol. The molecule has 0 aliphatic carbocycles. The first-order valence-electron chi connectivity index (χ1n) is 7.13. The number of nitrogens with zero attached hydrogens (tertiary/aromatic N) is 3. The van der Waals surface area contributed by atoms with Gasteiger partial charge in [-0.3, -0.25) is 9.48 Å². The standard InChI is InChI=1S/C15H14F2N4O3/c16-5-10-6-20(15(23)24)7-11-12(14(18)22)13(19-21(10)11)8-2-1-3-9(17)4-8/h1-4,10H,5-7H2,(H2,18,22)(H,23,24). The molecule has 0 fully saturated rings. The van der Waals surface area contributed by atoms with Crippen LogP contribution in [0.2, 0.25) is 0 Å². The number of hydrogen-bond acceptors (Lipinski definition) is 3. The minimum atomic E-state index is -1.23. The second-order valence-electron chi connectivity index (χ2n) is 5.46. The average Bonchev–Trinajstić information content (AvgIpc) is 2.93. The fourth-order valence-electron chi connectivity index (χ4n) is 2.86. The number of amides is 2. The van der Waals surface area contributed by atoms with Gasteiger partial charge in [-0.1, -0.05) is 12.1 Å². The van der Waals surface area contributed by atoms with Crippen molar-refractivity contribution in [2.24, 2.45) is 5.73 Å². The van der Waals surface area contributed by atoms with Crippen molar-refractivity contribution in [3.8, 4) is 11.3 Å². The van der Waals surface area contributed by atoms with E-state index < -0.39 is 30.5 Å². The van der Waals surface area contributed by atoms with Crippen LogP contribution in [0.1, 0.15) is 22.1 Å².